The minimum atomic E-state index is 0.172. The molecular weight excluding hydrogens is 717 g/mol. The highest BCUT2D eigenvalue weighted by Crippen LogP contribution is 2.55. The molecule has 4 heterocycles. The van der Waals surface area contributed by atoms with E-state index in [1.165, 1.54) is 75.6 Å². The highest BCUT2D eigenvalue weighted by Gasteiger charge is 2.54. The third-order valence-corrected chi connectivity index (χ3v) is 18.8. The van der Waals surface area contributed by atoms with Crippen LogP contribution < -0.4 is 20.7 Å². The average Bonchev–Trinajstić information content (AvgIpc) is 3.18. The largest absolute Gasteiger partial charge is 0.363 e. The minimum absolute atomic E-state index is 0.172. The van der Waals surface area contributed by atoms with Crippen LogP contribution in [0.4, 0.5) is 11.4 Å². The predicted molar refractivity (Wildman–Crippen MR) is 228 cm³/mol. The lowest BCUT2D eigenvalue weighted by molar-refractivity contribution is 0.287. The van der Waals surface area contributed by atoms with Gasteiger partial charge in [0.15, 0.2) is 10.9 Å². The Morgan fingerprint density at radius 1 is 0.442 bits per heavy atom. The predicted octanol–water partition coefficient (Wildman–Crippen LogP) is 10.8. The molecule has 4 aromatic carbocycles. The molecule has 5 aliphatic rings. The number of hydrogen-bond donors (Lipinski definition) is 0. The Kier molecular flexibility index (Phi) is 7.96. The highest BCUT2D eigenvalue weighted by molar-refractivity contribution is 8.01. The van der Waals surface area contributed by atoms with Crippen molar-refractivity contribution in [2.75, 3.05) is 9.80 Å². The SMILES string of the molecule is O=c1c2ccccc2sc2ccc(N3C4CCCCC4SC4CC5C(CC43)SC3CCCCC3N5c3ccc4sc5ccccc5c(=O)c4c3)cc12. The van der Waals surface area contributed by atoms with Crippen LogP contribution >= 0.6 is 46.2 Å². The molecule has 0 radical (unpaired) electrons. The van der Waals surface area contributed by atoms with Gasteiger partial charge >= 0.3 is 0 Å². The molecule has 5 fully saturated rings. The van der Waals surface area contributed by atoms with E-state index < -0.39 is 0 Å². The van der Waals surface area contributed by atoms with Crippen molar-refractivity contribution in [2.45, 2.75) is 109 Å². The quantitative estimate of drug-likeness (QED) is 0.164. The molecule has 0 amide bonds. The summed E-state index contributed by atoms with van der Waals surface area (Å²) in [5, 5.41) is 5.75. The summed E-state index contributed by atoms with van der Waals surface area (Å²) in [7, 11) is 0. The van der Waals surface area contributed by atoms with Gasteiger partial charge in [0.1, 0.15) is 0 Å². The molecule has 4 nitrogen and oxygen atoms in total. The van der Waals surface area contributed by atoms with E-state index in [9.17, 15) is 9.59 Å². The molecule has 2 saturated heterocycles. The summed E-state index contributed by atoms with van der Waals surface area (Å²) in [5.41, 5.74) is 2.87. The first-order valence-electron chi connectivity index (χ1n) is 19.4. The summed E-state index contributed by atoms with van der Waals surface area (Å²) in [6.45, 7) is 0. The molecule has 264 valence electrons. The maximum absolute atomic E-state index is 13.9. The smallest absolute Gasteiger partial charge is 0.195 e. The summed E-state index contributed by atoms with van der Waals surface area (Å²) >= 11 is 8.10. The van der Waals surface area contributed by atoms with Crippen molar-refractivity contribution in [3.05, 3.63) is 105 Å². The minimum Gasteiger partial charge on any atom is -0.363 e. The van der Waals surface area contributed by atoms with Crippen molar-refractivity contribution >= 4 is 97.9 Å². The molecule has 2 aliphatic heterocycles. The lowest BCUT2D eigenvalue weighted by atomic mass is 9.82. The maximum atomic E-state index is 13.9. The average molecular weight is 759 g/mol. The summed E-state index contributed by atoms with van der Waals surface area (Å²) in [6, 6.07) is 31.8. The first kappa shape index (κ1) is 32.4. The summed E-state index contributed by atoms with van der Waals surface area (Å²) in [4.78, 5) is 33.5. The molecule has 3 aliphatic carbocycles. The second-order valence-electron chi connectivity index (χ2n) is 15.8. The van der Waals surface area contributed by atoms with Crippen molar-refractivity contribution in [1.29, 1.82) is 0 Å². The topological polar surface area (TPSA) is 40.6 Å². The van der Waals surface area contributed by atoms with E-state index in [2.05, 4.69) is 81.9 Å². The second kappa shape index (κ2) is 12.8. The number of hydrogen-bond acceptors (Lipinski definition) is 8. The van der Waals surface area contributed by atoms with Gasteiger partial charge in [-0.15, -0.1) is 22.7 Å². The zero-order valence-corrected chi connectivity index (χ0v) is 32.4. The van der Waals surface area contributed by atoms with E-state index in [-0.39, 0.29) is 10.9 Å². The first-order chi connectivity index (χ1) is 25.6. The number of fused-ring (bicyclic) bond motifs is 8. The van der Waals surface area contributed by atoms with Gasteiger partial charge in [0.05, 0.1) is 0 Å². The van der Waals surface area contributed by atoms with Crippen LogP contribution in [0.25, 0.3) is 40.3 Å². The van der Waals surface area contributed by atoms with Crippen LogP contribution in [-0.2, 0) is 0 Å². The van der Waals surface area contributed by atoms with Crippen LogP contribution in [0.1, 0.15) is 64.2 Å². The third-order valence-electron chi connectivity index (χ3n) is 13.0. The van der Waals surface area contributed by atoms with Crippen LogP contribution in [0.3, 0.4) is 0 Å². The number of benzene rings is 4. The lowest BCUT2D eigenvalue weighted by Crippen LogP contribution is -2.67. The molecule has 8 heteroatoms. The summed E-state index contributed by atoms with van der Waals surface area (Å²) in [5.74, 6) is 0. The zero-order chi connectivity index (χ0) is 34.5. The Bertz CT molecular complexity index is 2320. The monoisotopic (exact) mass is 758 g/mol. The van der Waals surface area contributed by atoms with Gasteiger partial charge in [-0.1, -0.05) is 49.9 Å². The summed E-state index contributed by atoms with van der Waals surface area (Å²) < 4.78 is 4.32. The first-order valence-corrected chi connectivity index (χ1v) is 22.9. The van der Waals surface area contributed by atoms with E-state index in [1.54, 1.807) is 22.7 Å². The number of thioether (sulfide) groups is 2. The molecule has 6 aromatic rings. The Balaban J connectivity index is 1.00. The van der Waals surface area contributed by atoms with Gasteiger partial charge in [-0.05, 0) is 99.2 Å². The lowest BCUT2D eigenvalue weighted by Gasteiger charge is -2.61. The fourth-order valence-electron chi connectivity index (χ4n) is 10.7. The van der Waals surface area contributed by atoms with Crippen molar-refractivity contribution in [1.82, 2.24) is 0 Å². The van der Waals surface area contributed by atoms with E-state index in [1.807, 2.05) is 36.4 Å². The van der Waals surface area contributed by atoms with E-state index in [4.69, 9.17) is 0 Å². The second-order valence-corrected chi connectivity index (χ2v) is 20.9. The molecule has 3 saturated carbocycles. The molecule has 11 rings (SSSR count). The van der Waals surface area contributed by atoms with Gasteiger partial charge in [-0.2, -0.15) is 23.5 Å². The van der Waals surface area contributed by atoms with Gasteiger partial charge in [0, 0.05) is 96.9 Å². The summed E-state index contributed by atoms with van der Waals surface area (Å²) in [6.07, 6.45) is 12.6. The molecule has 0 spiro atoms. The molecule has 52 heavy (non-hydrogen) atoms. The molecule has 0 N–H and O–H groups in total. The number of anilines is 2. The van der Waals surface area contributed by atoms with Crippen LogP contribution in [0.15, 0.2) is 94.5 Å². The Morgan fingerprint density at radius 3 is 1.35 bits per heavy atom. The highest BCUT2D eigenvalue weighted by atomic mass is 32.2. The Morgan fingerprint density at radius 2 is 0.865 bits per heavy atom. The van der Waals surface area contributed by atoms with Crippen LogP contribution in [-0.4, -0.2) is 45.2 Å². The van der Waals surface area contributed by atoms with Crippen molar-refractivity contribution in [3.63, 3.8) is 0 Å². The van der Waals surface area contributed by atoms with Gasteiger partial charge in [-0.25, -0.2) is 0 Å². The standard InChI is InChI=1S/C44H42N2O2S4/c47-43-27-9-1-5-13-35(27)49-37-19-17-25(21-29(37)43)45-31-11-3-7-15-39(31)51-41-24-34-42(23-33(41)45)52-40-16-8-4-12-32(40)46(34)26-18-20-38-30(22-26)44(48)28-10-2-6-14-36(28)50-38/h1-2,5-6,9-10,13-14,17-22,31-34,39-42H,3-4,7-8,11-12,15-16,23-24H2. The van der Waals surface area contributed by atoms with Crippen LogP contribution in [0.2, 0.25) is 0 Å². The van der Waals surface area contributed by atoms with E-state index >= 15 is 0 Å². The number of nitrogens with zero attached hydrogens (tertiary/aromatic N) is 2. The molecule has 8 unspecified atom stereocenters. The van der Waals surface area contributed by atoms with Crippen molar-refractivity contribution in [2.24, 2.45) is 0 Å². The fourth-order valence-corrected chi connectivity index (χ4v) is 16.7. The van der Waals surface area contributed by atoms with Gasteiger partial charge in [-0.3, -0.25) is 9.59 Å². The van der Waals surface area contributed by atoms with E-state index in [0.29, 0.717) is 45.2 Å². The third kappa shape index (κ3) is 5.14. The fraction of sp³-hybridized carbons (Fsp3) is 0.409. The molecular formula is C44H42N2O2S4. The zero-order valence-electron chi connectivity index (χ0n) is 29.1. The van der Waals surface area contributed by atoms with Gasteiger partial charge in [0.2, 0.25) is 0 Å². The Hall–Kier alpha value is -3.04. The maximum Gasteiger partial charge on any atom is 0.195 e. The number of rotatable bonds is 2. The molecule has 2 aromatic heterocycles. The van der Waals surface area contributed by atoms with E-state index in [0.717, 1.165) is 40.3 Å². The van der Waals surface area contributed by atoms with Gasteiger partial charge < -0.3 is 9.80 Å². The van der Waals surface area contributed by atoms with Crippen LogP contribution in [0, 0.1) is 0 Å². The normalized spacial score (nSPS) is 30.2. The van der Waals surface area contributed by atoms with Crippen molar-refractivity contribution < 1.29 is 0 Å². The molecule has 0 bridgehead atoms. The van der Waals surface area contributed by atoms with Crippen molar-refractivity contribution in [3.8, 4) is 0 Å². The van der Waals surface area contributed by atoms with Gasteiger partial charge in [0.25, 0.3) is 0 Å². The molecule has 8 atom stereocenters. The Labute approximate surface area is 320 Å². The van der Waals surface area contributed by atoms with Crippen LogP contribution in [0.5, 0.6) is 0 Å².